The molecule has 0 aliphatic heterocycles. The summed E-state index contributed by atoms with van der Waals surface area (Å²) in [5, 5.41) is 33.2. The highest BCUT2D eigenvalue weighted by Crippen LogP contribution is 2.04. The largest absolute Gasteiger partial charge is 0.481 e. The number of nitrogens with two attached hydrogens (primary N) is 1. The Morgan fingerprint density at radius 1 is 0.774 bits per heavy atom. The lowest BCUT2D eigenvalue weighted by Gasteiger charge is -2.23. The fraction of sp³-hybridized carbons (Fsp3) is 0.667. The molecule has 0 spiro atoms. The van der Waals surface area contributed by atoms with Crippen LogP contribution < -0.4 is 21.7 Å². The molecule has 4 unspecified atom stereocenters. The summed E-state index contributed by atoms with van der Waals surface area (Å²) in [6.07, 6.45) is -1.46. The highest BCUT2D eigenvalue weighted by Gasteiger charge is 2.30. The van der Waals surface area contributed by atoms with Crippen LogP contribution in [-0.2, 0) is 28.8 Å². The first-order valence-electron chi connectivity index (χ1n) is 9.57. The molecule has 0 saturated carbocycles. The minimum Gasteiger partial charge on any atom is -0.481 e. The first-order valence-corrected chi connectivity index (χ1v) is 9.57. The van der Waals surface area contributed by atoms with E-state index < -0.39 is 72.6 Å². The van der Waals surface area contributed by atoms with Crippen molar-refractivity contribution < 1.29 is 44.1 Å². The third-order valence-electron chi connectivity index (χ3n) is 4.09. The van der Waals surface area contributed by atoms with Gasteiger partial charge in [-0.05, 0) is 25.7 Å². The average molecular weight is 446 g/mol. The molecule has 0 heterocycles. The Morgan fingerprint density at radius 2 is 1.32 bits per heavy atom. The number of carboxylic acids is 3. The van der Waals surface area contributed by atoms with Crippen LogP contribution >= 0.6 is 0 Å². The lowest BCUT2D eigenvalue weighted by molar-refractivity contribution is -0.147. The van der Waals surface area contributed by atoms with Gasteiger partial charge >= 0.3 is 17.9 Å². The predicted molar refractivity (Wildman–Crippen MR) is 106 cm³/mol. The van der Waals surface area contributed by atoms with Gasteiger partial charge in [0, 0.05) is 6.42 Å². The fourth-order valence-corrected chi connectivity index (χ4v) is 2.48. The SMILES string of the molecule is CC(C)CC(N)C(=O)NC(C)C(=O)NC(CCC(=O)O)C(=O)NC(CC(=O)O)C(=O)O. The second-order valence-corrected chi connectivity index (χ2v) is 7.46. The highest BCUT2D eigenvalue weighted by molar-refractivity contribution is 5.94. The molecule has 0 aliphatic rings. The van der Waals surface area contributed by atoms with Crippen LogP contribution in [0.5, 0.6) is 0 Å². The molecule has 0 aliphatic carbocycles. The standard InChI is InChI=1S/C18H30N4O9/c1-8(2)6-10(19)16(28)20-9(3)15(27)21-11(4-5-13(23)24)17(29)22-12(18(30)31)7-14(25)26/h8-12H,4-7,19H2,1-3H3,(H,20,28)(H,21,27)(H,22,29)(H,23,24)(H,25,26)(H,30,31). The van der Waals surface area contributed by atoms with E-state index in [-0.39, 0.29) is 12.3 Å². The number of rotatable bonds is 14. The predicted octanol–water partition coefficient (Wildman–Crippen LogP) is -1.74. The van der Waals surface area contributed by atoms with Gasteiger partial charge in [0.25, 0.3) is 0 Å². The molecule has 13 heteroatoms. The van der Waals surface area contributed by atoms with Crippen LogP contribution in [-0.4, -0.2) is 75.1 Å². The quantitative estimate of drug-likeness (QED) is 0.159. The fourth-order valence-electron chi connectivity index (χ4n) is 2.48. The molecule has 0 aromatic carbocycles. The van der Waals surface area contributed by atoms with Crippen molar-refractivity contribution in [1.29, 1.82) is 0 Å². The molecule has 31 heavy (non-hydrogen) atoms. The second-order valence-electron chi connectivity index (χ2n) is 7.46. The molecule has 0 aromatic heterocycles. The summed E-state index contributed by atoms with van der Waals surface area (Å²) in [4.78, 5) is 69.5. The van der Waals surface area contributed by atoms with Gasteiger partial charge in [-0.2, -0.15) is 0 Å². The first kappa shape index (κ1) is 27.8. The van der Waals surface area contributed by atoms with E-state index >= 15 is 0 Å². The molecule has 0 rings (SSSR count). The zero-order chi connectivity index (χ0) is 24.3. The summed E-state index contributed by atoms with van der Waals surface area (Å²) in [6, 6.07) is -5.22. The zero-order valence-electron chi connectivity index (χ0n) is 17.6. The van der Waals surface area contributed by atoms with Crippen molar-refractivity contribution in [2.45, 2.75) is 70.6 Å². The van der Waals surface area contributed by atoms with Crippen LogP contribution in [0.25, 0.3) is 0 Å². The van der Waals surface area contributed by atoms with Gasteiger partial charge in [-0.25, -0.2) is 4.79 Å². The lowest BCUT2D eigenvalue weighted by atomic mass is 10.0. The van der Waals surface area contributed by atoms with E-state index in [0.717, 1.165) is 0 Å². The Labute approximate surface area is 178 Å². The minimum atomic E-state index is -1.78. The van der Waals surface area contributed by atoms with E-state index in [0.29, 0.717) is 6.42 Å². The van der Waals surface area contributed by atoms with Gasteiger partial charge < -0.3 is 37.0 Å². The van der Waals surface area contributed by atoms with Crippen LogP contribution in [0.4, 0.5) is 0 Å². The summed E-state index contributed by atoms with van der Waals surface area (Å²) < 4.78 is 0. The zero-order valence-corrected chi connectivity index (χ0v) is 17.6. The number of aliphatic carboxylic acids is 3. The smallest absolute Gasteiger partial charge is 0.326 e. The monoisotopic (exact) mass is 446 g/mol. The van der Waals surface area contributed by atoms with Crippen molar-refractivity contribution in [2.75, 3.05) is 0 Å². The number of hydrogen-bond donors (Lipinski definition) is 7. The Morgan fingerprint density at radius 3 is 1.77 bits per heavy atom. The van der Waals surface area contributed by atoms with E-state index in [1.165, 1.54) is 6.92 Å². The molecule has 4 atom stereocenters. The Balaban J connectivity index is 5.19. The van der Waals surface area contributed by atoms with Crippen LogP contribution in [0.15, 0.2) is 0 Å². The van der Waals surface area contributed by atoms with E-state index in [9.17, 15) is 28.8 Å². The van der Waals surface area contributed by atoms with Crippen molar-refractivity contribution in [1.82, 2.24) is 16.0 Å². The van der Waals surface area contributed by atoms with E-state index in [1.807, 2.05) is 19.2 Å². The summed E-state index contributed by atoms with van der Waals surface area (Å²) in [5.74, 6) is -6.71. The number of amides is 3. The second kappa shape index (κ2) is 13.2. The van der Waals surface area contributed by atoms with Crippen molar-refractivity contribution in [3.8, 4) is 0 Å². The van der Waals surface area contributed by atoms with Gasteiger partial charge in [0.15, 0.2) is 0 Å². The molecule has 8 N–H and O–H groups in total. The van der Waals surface area contributed by atoms with Gasteiger partial charge in [-0.3, -0.25) is 24.0 Å². The number of nitrogens with one attached hydrogen (secondary N) is 3. The van der Waals surface area contributed by atoms with Gasteiger partial charge in [0.05, 0.1) is 12.5 Å². The lowest BCUT2D eigenvalue weighted by Crippen LogP contribution is -2.56. The molecule has 0 bridgehead atoms. The summed E-state index contributed by atoms with van der Waals surface area (Å²) in [5.41, 5.74) is 5.74. The molecule has 0 fully saturated rings. The maximum Gasteiger partial charge on any atom is 0.326 e. The summed E-state index contributed by atoms with van der Waals surface area (Å²) in [7, 11) is 0. The summed E-state index contributed by atoms with van der Waals surface area (Å²) >= 11 is 0. The average Bonchev–Trinajstić information content (AvgIpc) is 2.62. The van der Waals surface area contributed by atoms with Gasteiger partial charge in [0.2, 0.25) is 17.7 Å². The van der Waals surface area contributed by atoms with Crippen LogP contribution in [0.3, 0.4) is 0 Å². The van der Waals surface area contributed by atoms with E-state index in [1.54, 1.807) is 0 Å². The van der Waals surface area contributed by atoms with E-state index in [4.69, 9.17) is 21.1 Å². The van der Waals surface area contributed by atoms with Gasteiger partial charge in [0.1, 0.15) is 18.1 Å². The van der Waals surface area contributed by atoms with E-state index in [2.05, 4.69) is 10.6 Å². The van der Waals surface area contributed by atoms with Crippen molar-refractivity contribution in [3.63, 3.8) is 0 Å². The molecule has 3 amide bonds. The van der Waals surface area contributed by atoms with Crippen LogP contribution in [0, 0.1) is 5.92 Å². The molecule has 0 aromatic rings. The Kier molecular flexibility index (Phi) is 11.8. The maximum absolute atomic E-state index is 12.4. The molecule has 13 nitrogen and oxygen atoms in total. The first-order chi connectivity index (χ1) is 14.2. The normalized spacial score (nSPS) is 14.6. The summed E-state index contributed by atoms with van der Waals surface area (Å²) in [6.45, 7) is 5.05. The Bertz CT molecular complexity index is 696. The highest BCUT2D eigenvalue weighted by atomic mass is 16.4. The van der Waals surface area contributed by atoms with Crippen molar-refractivity contribution in [2.24, 2.45) is 11.7 Å². The minimum absolute atomic E-state index is 0.141. The van der Waals surface area contributed by atoms with Crippen molar-refractivity contribution in [3.05, 3.63) is 0 Å². The Hall–Kier alpha value is -3.22. The van der Waals surface area contributed by atoms with Gasteiger partial charge in [-0.15, -0.1) is 0 Å². The topological polar surface area (TPSA) is 225 Å². The number of carbonyl (C=O) groups is 6. The third kappa shape index (κ3) is 11.5. The van der Waals surface area contributed by atoms with Crippen LogP contribution in [0.1, 0.15) is 46.5 Å². The van der Waals surface area contributed by atoms with Crippen LogP contribution in [0.2, 0.25) is 0 Å². The maximum atomic E-state index is 12.4. The number of carbonyl (C=O) groups excluding carboxylic acids is 3. The number of hydrogen-bond acceptors (Lipinski definition) is 7. The number of carboxylic acid groups (broad SMARTS) is 3. The molecule has 0 radical (unpaired) electrons. The third-order valence-corrected chi connectivity index (χ3v) is 4.09. The molecule has 176 valence electrons. The molecular weight excluding hydrogens is 416 g/mol. The molecule has 0 saturated heterocycles. The van der Waals surface area contributed by atoms with Gasteiger partial charge in [-0.1, -0.05) is 13.8 Å². The molecular formula is C18H30N4O9. The van der Waals surface area contributed by atoms with Crippen molar-refractivity contribution >= 4 is 35.6 Å².